The van der Waals surface area contributed by atoms with Crippen LogP contribution in [0, 0.1) is 0 Å². The Morgan fingerprint density at radius 3 is 3.09 bits per heavy atom. The van der Waals surface area contributed by atoms with Crippen LogP contribution in [0.3, 0.4) is 0 Å². The first-order valence-corrected chi connectivity index (χ1v) is 8.88. The number of thiophene rings is 1. The normalized spacial score (nSPS) is 20.0. The van der Waals surface area contributed by atoms with Crippen LogP contribution in [0.15, 0.2) is 29.6 Å². The van der Waals surface area contributed by atoms with Crippen molar-refractivity contribution >= 4 is 34.5 Å². The average molecular weight is 352 g/mol. The van der Waals surface area contributed by atoms with Crippen molar-refractivity contribution in [1.29, 1.82) is 0 Å². The van der Waals surface area contributed by atoms with Crippen molar-refractivity contribution in [3.05, 3.63) is 45.1 Å². The van der Waals surface area contributed by atoms with E-state index in [2.05, 4.69) is 23.7 Å². The van der Waals surface area contributed by atoms with E-state index in [-0.39, 0.29) is 5.91 Å². The van der Waals surface area contributed by atoms with Crippen LogP contribution in [0.5, 0.6) is 5.75 Å². The average Bonchev–Trinajstić information content (AvgIpc) is 3.00. The summed E-state index contributed by atoms with van der Waals surface area (Å²) >= 11 is 7.82. The number of fused-ring (bicyclic) bond motifs is 1. The molecule has 23 heavy (non-hydrogen) atoms. The molecule has 1 unspecified atom stereocenters. The van der Waals surface area contributed by atoms with Crippen molar-refractivity contribution in [2.75, 3.05) is 25.5 Å². The standard InChI is InChI=1S/C17H19ClN2O2S/c1-11-13-6-8-23-16(13)5-7-20(11)10-17(21)19-14-9-12(18)3-4-15(14)22-2/h3-4,6,8-9,11H,5,7,10H2,1-2H3,(H,19,21)/p+1/t11-/m1/s1. The van der Waals surface area contributed by atoms with Crippen LogP contribution in [-0.4, -0.2) is 26.1 Å². The third-order valence-corrected chi connectivity index (χ3v) is 5.59. The molecule has 0 saturated carbocycles. The summed E-state index contributed by atoms with van der Waals surface area (Å²) in [6, 6.07) is 7.74. The molecule has 1 aliphatic heterocycles. The number of hydrogen-bond donors (Lipinski definition) is 2. The van der Waals surface area contributed by atoms with Gasteiger partial charge in [0.2, 0.25) is 0 Å². The maximum absolute atomic E-state index is 12.4. The SMILES string of the molecule is COc1ccc(Cl)cc1NC(=O)C[NH+]1CCc2sccc2[C@H]1C. The predicted molar refractivity (Wildman–Crippen MR) is 93.8 cm³/mol. The summed E-state index contributed by atoms with van der Waals surface area (Å²) < 4.78 is 5.27. The van der Waals surface area contributed by atoms with Gasteiger partial charge in [0.15, 0.2) is 6.54 Å². The second-order valence-corrected chi connectivity index (χ2v) is 7.19. The molecule has 4 nitrogen and oxygen atoms in total. The molecule has 2 aromatic rings. The second kappa shape index (κ2) is 6.91. The van der Waals surface area contributed by atoms with E-state index in [9.17, 15) is 4.79 Å². The van der Waals surface area contributed by atoms with Crippen molar-refractivity contribution in [3.8, 4) is 5.75 Å². The number of nitrogens with one attached hydrogen (secondary N) is 2. The van der Waals surface area contributed by atoms with Gasteiger partial charge in [0.1, 0.15) is 11.8 Å². The monoisotopic (exact) mass is 351 g/mol. The minimum Gasteiger partial charge on any atom is -0.495 e. The van der Waals surface area contributed by atoms with E-state index in [1.165, 1.54) is 15.3 Å². The summed E-state index contributed by atoms with van der Waals surface area (Å²) in [5, 5.41) is 5.63. The molecule has 0 saturated heterocycles. The molecule has 0 spiro atoms. The molecular weight excluding hydrogens is 332 g/mol. The minimum absolute atomic E-state index is 0.0221. The Balaban J connectivity index is 1.68. The highest BCUT2D eigenvalue weighted by atomic mass is 35.5. The van der Waals surface area contributed by atoms with Gasteiger partial charge in [0.25, 0.3) is 5.91 Å². The fraction of sp³-hybridized carbons (Fsp3) is 0.353. The molecule has 1 amide bonds. The lowest BCUT2D eigenvalue weighted by Crippen LogP contribution is -3.14. The number of benzene rings is 1. The molecule has 1 aliphatic rings. The highest BCUT2D eigenvalue weighted by Gasteiger charge is 2.29. The molecule has 122 valence electrons. The van der Waals surface area contributed by atoms with E-state index in [0.717, 1.165) is 13.0 Å². The zero-order valence-corrected chi connectivity index (χ0v) is 14.8. The van der Waals surface area contributed by atoms with Gasteiger partial charge in [-0.2, -0.15) is 0 Å². The van der Waals surface area contributed by atoms with Crippen molar-refractivity contribution < 1.29 is 14.4 Å². The summed E-state index contributed by atoms with van der Waals surface area (Å²) in [5.74, 6) is 0.593. The highest BCUT2D eigenvalue weighted by molar-refractivity contribution is 7.10. The molecule has 3 rings (SSSR count). The van der Waals surface area contributed by atoms with Gasteiger partial charge in [-0.15, -0.1) is 11.3 Å². The van der Waals surface area contributed by atoms with E-state index in [0.29, 0.717) is 29.0 Å². The van der Waals surface area contributed by atoms with Crippen LogP contribution < -0.4 is 15.0 Å². The summed E-state index contributed by atoms with van der Waals surface area (Å²) in [7, 11) is 1.58. The molecule has 1 aromatic carbocycles. The number of ether oxygens (including phenoxy) is 1. The lowest BCUT2D eigenvalue weighted by molar-refractivity contribution is -0.923. The third kappa shape index (κ3) is 3.52. The molecule has 1 aromatic heterocycles. The summed E-state index contributed by atoms with van der Waals surface area (Å²) in [6.07, 6.45) is 1.04. The quantitative estimate of drug-likeness (QED) is 0.889. The third-order valence-electron chi connectivity index (χ3n) is 4.36. The largest absolute Gasteiger partial charge is 0.495 e. The predicted octanol–water partition coefficient (Wildman–Crippen LogP) is 2.55. The first-order chi connectivity index (χ1) is 11.1. The summed E-state index contributed by atoms with van der Waals surface area (Å²) in [6.45, 7) is 3.61. The van der Waals surface area contributed by atoms with Crippen LogP contribution in [0.2, 0.25) is 5.02 Å². The summed E-state index contributed by atoms with van der Waals surface area (Å²) in [5.41, 5.74) is 2.00. The fourth-order valence-electron chi connectivity index (χ4n) is 3.07. The van der Waals surface area contributed by atoms with Crippen molar-refractivity contribution in [2.45, 2.75) is 19.4 Å². The van der Waals surface area contributed by atoms with Gasteiger partial charge in [-0.3, -0.25) is 4.79 Å². The topological polar surface area (TPSA) is 42.8 Å². The minimum atomic E-state index is -0.0221. The number of methoxy groups -OCH3 is 1. The maximum Gasteiger partial charge on any atom is 0.279 e. The number of anilines is 1. The Bertz CT molecular complexity index is 716. The number of carbonyl (C=O) groups excluding carboxylic acids is 1. The van der Waals surface area contributed by atoms with Crippen LogP contribution in [0.4, 0.5) is 5.69 Å². The van der Waals surface area contributed by atoms with E-state index in [1.54, 1.807) is 25.3 Å². The maximum atomic E-state index is 12.4. The molecule has 0 bridgehead atoms. The van der Waals surface area contributed by atoms with Crippen LogP contribution in [0.1, 0.15) is 23.4 Å². The van der Waals surface area contributed by atoms with E-state index in [4.69, 9.17) is 16.3 Å². The van der Waals surface area contributed by atoms with Crippen molar-refractivity contribution in [2.24, 2.45) is 0 Å². The number of amides is 1. The Kier molecular flexibility index (Phi) is 4.90. The molecule has 2 N–H and O–H groups in total. The van der Waals surface area contributed by atoms with E-state index in [1.807, 2.05) is 11.3 Å². The Morgan fingerprint density at radius 2 is 2.30 bits per heavy atom. The molecule has 0 aliphatic carbocycles. The number of quaternary nitrogens is 1. The Hall–Kier alpha value is -1.56. The molecule has 0 fully saturated rings. The smallest absolute Gasteiger partial charge is 0.279 e. The lowest BCUT2D eigenvalue weighted by atomic mass is 10.0. The first kappa shape index (κ1) is 16.3. The molecule has 2 atom stereocenters. The van der Waals surface area contributed by atoms with Gasteiger partial charge in [-0.25, -0.2) is 0 Å². The Morgan fingerprint density at radius 1 is 1.48 bits per heavy atom. The van der Waals surface area contributed by atoms with Gasteiger partial charge >= 0.3 is 0 Å². The zero-order chi connectivity index (χ0) is 16.4. The summed E-state index contributed by atoms with van der Waals surface area (Å²) in [4.78, 5) is 15.2. The molecule has 2 heterocycles. The second-order valence-electron chi connectivity index (χ2n) is 5.75. The number of hydrogen-bond acceptors (Lipinski definition) is 3. The van der Waals surface area contributed by atoms with Gasteiger partial charge in [-0.05, 0) is 36.6 Å². The first-order valence-electron chi connectivity index (χ1n) is 7.62. The number of rotatable bonds is 4. The van der Waals surface area contributed by atoms with Crippen LogP contribution in [-0.2, 0) is 11.2 Å². The van der Waals surface area contributed by atoms with Gasteiger partial charge in [0.05, 0.1) is 19.3 Å². The molecule has 0 radical (unpaired) electrons. The van der Waals surface area contributed by atoms with Crippen LogP contribution in [0.25, 0.3) is 0 Å². The lowest BCUT2D eigenvalue weighted by Gasteiger charge is -2.29. The van der Waals surface area contributed by atoms with Gasteiger partial charge < -0.3 is 15.0 Å². The van der Waals surface area contributed by atoms with E-state index >= 15 is 0 Å². The zero-order valence-electron chi connectivity index (χ0n) is 13.2. The van der Waals surface area contributed by atoms with Gasteiger partial charge in [0, 0.05) is 21.9 Å². The van der Waals surface area contributed by atoms with Crippen molar-refractivity contribution in [1.82, 2.24) is 0 Å². The number of halogens is 1. The molecular formula is C17H20ClN2O2S+. The Labute approximate surface area is 145 Å². The van der Waals surface area contributed by atoms with Crippen LogP contribution >= 0.6 is 22.9 Å². The van der Waals surface area contributed by atoms with Crippen molar-refractivity contribution in [3.63, 3.8) is 0 Å². The van der Waals surface area contributed by atoms with Gasteiger partial charge in [-0.1, -0.05) is 11.6 Å². The highest BCUT2D eigenvalue weighted by Crippen LogP contribution is 2.28. The molecule has 6 heteroatoms. The fourth-order valence-corrected chi connectivity index (χ4v) is 4.22. The number of carbonyl (C=O) groups is 1. The van der Waals surface area contributed by atoms with E-state index < -0.39 is 0 Å².